The molecule has 5 saturated heterocycles. The van der Waals surface area contributed by atoms with Crippen molar-refractivity contribution in [3.05, 3.63) is 0 Å². The van der Waals surface area contributed by atoms with E-state index in [-0.39, 0.29) is 25.2 Å². The first kappa shape index (κ1) is 49.9. The summed E-state index contributed by atoms with van der Waals surface area (Å²) in [7, 11) is -1.08. The van der Waals surface area contributed by atoms with Gasteiger partial charge in [-0.05, 0) is 106 Å². The van der Waals surface area contributed by atoms with Gasteiger partial charge in [0.15, 0.2) is 12.6 Å². The van der Waals surface area contributed by atoms with Crippen LogP contribution in [-0.4, -0.2) is 174 Å². The van der Waals surface area contributed by atoms with Gasteiger partial charge in [-0.25, -0.2) is 4.18 Å². The molecule has 5 N–H and O–H groups in total. The third-order valence-corrected chi connectivity index (χ3v) is 15.9. The molecule has 0 unspecified atom stereocenters. The highest BCUT2D eigenvalue weighted by Gasteiger charge is 2.60. The molecule has 0 aromatic carbocycles. The quantitative estimate of drug-likeness (QED) is 0.221. The lowest BCUT2D eigenvalue weighted by Crippen LogP contribution is -2.70. The summed E-state index contributed by atoms with van der Waals surface area (Å²) in [6.45, 7) is 19.7. The Morgan fingerprint density at radius 3 is 2.22 bits per heavy atom. The summed E-state index contributed by atoms with van der Waals surface area (Å²) in [6, 6.07) is -1.22. The van der Waals surface area contributed by atoms with Crippen LogP contribution in [0.2, 0.25) is 0 Å². The third-order valence-electron chi connectivity index (χ3n) is 14.5. The smallest absolute Gasteiger partial charge is 0.338 e. The van der Waals surface area contributed by atoms with Crippen molar-refractivity contribution >= 4 is 16.3 Å². The van der Waals surface area contributed by atoms with Gasteiger partial charge in [0, 0.05) is 39.1 Å². The van der Waals surface area contributed by atoms with E-state index in [9.17, 15) is 33.6 Å². The number of fused-ring (bicyclic) bond motifs is 1. The van der Waals surface area contributed by atoms with Gasteiger partial charge in [0.05, 0.1) is 42.0 Å². The zero-order chi connectivity index (χ0) is 44.7. The molecule has 0 spiro atoms. The predicted octanol–water partition coefficient (Wildman–Crippen LogP) is 2.07. The summed E-state index contributed by atoms with van der Waals surface area (Å²) in [5, 5.41) is 51.5. The first-order chi connectivity index (χ1) is 27.8. The Kier molecular flexibility index (Phi) is 15.9. The summed E-state index contributed by atoms with van der Waals surface area (Å²) in [4.78, 5) is 16.7. The third kappa shape index (κ3) is 10.2. The zero-order valence-corrected chi connectivity index (χ0v) is 38.9. The van der Waals surface area contributed by atoms with E-state index < -0.39 is 118 Å². The number of hydrogen-bond donors (Lipinski definition) is 5. The van der Waals surface area contributed by atoms with Gasteiger partial charge in [0.25, 0.3) is 0 Å². The van der Waals surface area contributed by atoms with E-state index in [1.165, 1.54) is 18.3 Å². The highest BCUT2D eigenvalue weighted by Crippen LogP contribution is 2.44. The summed E-state index contributed by atoms with van der Waals surface area (Å²) < 4.78 is 71.5. The van der Waals surface area contributed by atoms with Gasteiger partial charge >= 0.3 is 16.3 Å². The number of ether oxygens (including phenoxy) is 6. The van der Waals surface area contributed by atoms with Gasteiger partial charge in [-0.15, -0.1) is 0 Å². The number of nitrogens with one attached hydrogen (secondary N) is 1. The number of piperidine rings is 1. The van der Waals surface area contributed by atoms with Gasteiger partial charge in [-0.3, -0.25) is 4.79 Å². The van der Waals surface area contributed by atoms with E-state index in [0.29, 0.717) is 19.5 Å². The maximum Gasteiger partial charge on any atom is 0.338 e. The zero-order valence-electron chi connectivity index (χ0n) is 38.0. The molecule has 5 aliphatic heterocycles. The number of cyclic esters (lactones) is 1. The number of rotatable bonds is 8. The lowest BCUT2D eigenvalue weighted by Gasteiger charge is -2.55. The Bertz CT molecular complexity index is 1550. The van der Waals surface area contributed by atoms with E-state index in [1.54, 1.807) is 48.7 Å². The molecular weight excluding hydrogens is 803 g/mol. The average Bonchev–Trinajstić information content (AvgIpc) is 3.41. The molecule has 60 heavy (non-hydrogen) atoms. The Balaban J connectivity index is 1.56. The van der Waals surface area contributed by atoms with Crippen LogP contribution in [0.1, 0.15) is 114 Å². The fraction of sp³-hybridized carbons (Fsp3) is 0.976. The van der Waals surface area contributed by atoms with E-state index in [2.05, 4.69) is 10.2 Å². The second kappa shape index (κ2) is 19.2. The fourth-order valence-electron chi connectivity index (χ4n) is 10.5. The topological polar surface area (TPSA) is 215 Å². The molecule has 350 valence electrons. The van der Waals surface area contributed by atoms with Crippen molar-refractivity contribution in [1.29, 1.82) is 0 Å². The Hall–Kier alpha value is -1.10. The number of nitrogens with zero attached hydrogens (tertiary/aromatic N) is 2. The molecule has 18 heteroatoms. The van der Waals surface area contributed by atoms with Crippen LogP contribution in [0, 0.1) is 17.8 Å². The minimum absolute atomic E-state index is 0.0786. The second-order valence-corrected chi connectivity index (χ2v) is 21.1. The normalized spacial score (nSPS) is 49.4. The summed E-state index contributed by atoms with van der Waals surface area (Å²) in [5.74, 6) is -2.90. The van der Waals surface area contributed by atoms with E-state index in [1.807, 2.05) is 20.8 Å². The highest BCUT2D eigenvalue weighted by molar-refractivity contribution is 7.84. The van der Waals surface area contributed by atoms with Crippen LogP contribution in [0.4, 0.5) is 0 Å². The van der Waals surface area contributed by atoms with Crippen molar-refractivity contribution in [1.82, 2.24) is 14.5 Å². The number of methoxy groups -OCH3 is 1. The van der Waals surface area contributed by atoms with Crippen molar-refractivity contribution in [3.8, 4) is 0 Å². The molecule has 0 bridgehead atoms. The number of β-amino-alcohol motifs (C(OH)–C–C–N with tert-alkyl or cyclic N) is 1. The van der Waals surface area contributed by atoms with Gasteiger partial charge in [0.1, 0.15) is 35.1 Å². The molecule has 0 aliphatic carbocycles. The van der Waals surface area contributed by atoms with Crippen LogP contribution >= 0.6 is 0 Å². The molecule has 17 nitrogen and oxygen atoms in total. The Morgan fingerprint density at radius 2 is 1.60 bits per heavy atom. The largest absolute Gasteiger partial charge is 0.459 e. The number of esters is 1. The van der Waals surface area contributed by atoms with E-state index in [0.717, 1.165) is 32.4 Å². The second-order valence-electron chi connectivity index (χ2n) is 19.4. The van der Waals surface area contributed by atoms with Crippen molar-refractivity contribution in [2.24, 2.45) is 17.8 Å². The SMILES string of the molecule is CC[C@H]1OC(=O)[C@H](C)[C@@H](O[C@H]2C[C@@](C)(OC)[C@](O)(CN3CCCCC3)[C@H](C)O2)[C@H](C)[C@@H](O[C@@H]2O[C@H](C)C[C@H]3[C@H]2OS(=O)(=O)N3C)[C@](C)(O)C[C@@H](C)CN[C@H](C)[C@@H](O)[C@]1(C)O. The Morgan fingerprint density at radius 1 is 0.950 bits per heavy atom. The van der Waals surface area contributed by atoms with Crippen LogP contribution in [-0.2, 0) is 47.7 Å². The van der Waals surface area contributed by atoms with Crippen molar-refractivity contribution < 1.29 is 66.2 Å². The Labute approximate surface area is 358 Å². The number of carbonyl (C=O) groups excluding carboxylic acids is 1. The first-order valence-electron chi connectivity index (χ1n) is 22.2. The maximum absolute atomic E-state index is 14.4. The lowest BCUT2D eigenvalue weighted by molar-refractivity contribution is -0.338. The predicted molar refractivity (Wildman–Crippen MR) is 221 cm³/mol. The van der Waals surface area contributed by atoms with Gasteiger partial charge in [0.2, 0.25) is 0 Å². The van der Waals surface area contributed by atoms with Crippen LogP contribution in [0.5, 0.6) is 0 Å². The highest BCUT2D eigenvalue weighted by atomic mass is 32.2. The van der Waals surface area contributed by atoms with Crippen molar-refractivity contribution in [2.45, 2.75) is 204 Å². The van der Waals surface area contributed by atoms with Crippen molar-refractivity contribution in [3.63, 3.8) is 0 Å². The molecule has 0 aromatic heterocycles. The van der Waals surface area contributed by atoms with Crippen LogP contribution in [0.15, 0.2) is 0 Å². The molecule has 0 amide bonds. The van der Waals surface area contributed by atoms with Crippen molar-refractivity contribution in [2.75, 3.05) is 40.3 Å². The van der Waals surface area contributed by atoms with Gasteiger partial charge in [-0.2, -0.15) is 12.7 Å². The standard InChI is InChI=1S/C42H77N3O14S/c1-13-31-41(10,49)35(46)28(6)43-22-24(2)20-39(8,48)36(58-38-34-30(19-25(3)54-38)44(11)60(51,52)59-34)26(4)33(27(5)37(47)56-31)57-32-21-40(9,53-12)42(50,29(7)55-32)23-45-17-15-14-16-18-45/h24-36,38,43,46,48-50H,13-23H2,1-12H3/t24-,25-,26+,27-,28-,29+,30+,31-,32+,33+,34-,35-,36-,38+,39-,40-,41-,42+/m1/s1. The number of hydrogen-bond acceptors (Lipinski definition) is 16. The monoisotopic (exact) mass is 880 g/mol. The maximum atomic E-state index is 14.4. The number of carbonyl (C=O) groups is 1. The summed E-state index contributed by atoms with van der Waals surface area (Å²) in [6.07, 6.45) is -5.26. The molecule has 5 rings (SSSR count). The molecule has 5 aliphatic rings. The minimum Gasteiger partial charge on any atom is -0.459 e. The van der Waals surface area contributed by atoms with Gasteiger partial charge < -0.3 is 59.1 Å². The summed E-state index contributed by atoms with van der Waals surface area (Å²) >= 11 is 0. The number of likely N-dealkylation sites (N-methyl/N-ethyl adjacent to an activating group) is 1. The first-order valence-corrected chi connectivity index (χ1v) is 23.5. The molecule has 0 radical (unpaired) electrons. The number of aliphatic hydroxyl groups is 4. The van der Waals surface area contributed by atoms with Crippen LogP contribution in [0.25, 0.3) is 0 Å². The molecule has 5 heterocycles. The summed E-state index contributed by atoms with van der Waals surface area (Å²) in [5.41, 5.74) is -6.08. The molecule has 18 atom stereocenters. The lowest BCUT2D eigenvalue weighted by atomic mass is 9.74. The van der Waals surface area contributed by atoms with E-state index in [4.69, 9.17) is 32.6 Å². The van der Waals surface area contributed by atoms with Crippen LogP contribution in [0.3, 0.4) is 0 Å². The number of aliphatic hydroxyl groups excluding tert-OH is 1. The van der Waals surface area contributed by atoms with E-state index >= 15 is 0 Å². The molecule has 0 saturated carbocycles. The van der Waals surface area contributed by atoms with Gasteiger partial charge in [-0.1, -0.05) is 27.2 Å². The van der Waals surface area contributed by atoms with Crippen LogP contribution < -0.4 is 5.32 Å². The molecule has 0 aromatic rings. The fourth-order valence-corrected chi connectivity index (χ4v) is 11.7. The minimum atomic E-state index is -4.09. The molecular formula is C42H77N3O14S. The average molecular weight is 880 g/mol. The number of likely N-dealkylation sites (tertiary alicyclic amines) is 1. The molecule has 5 fully saturated rings.